The molecule has 124 valence electrons. The molecule has 0 aliphatic rings. The molecule has 2 N–H and O–H groups in total. The van der Waals surface area contributed by atoms with Crippen molar-refractivity contribution in [3.8, 4) is 17.0 Å². The molecule has 0 bridgehead atoms. The number of H-pyrrole nitrogens is 1. The Labute approximate surface area is 136 Å². The first-order valence-electron chi connectivity index (χ1n) is 7.61. The second-order valence-corrected chi connectivity index (χ2v) is 5.80. The maximum absolute atomic E-state index is 12.6. The number of aromatic nitrogens is 2. The molecular weight excluding hydrogens is 294 g/mol. The summed E-state index contributed by atoms with van der Waals surface area (Å²) in [6.45, 7) is 5.78. The minimum Gasteiger partial charge on any atom is -0.497 e. The van der Waals surface area contributed by atoms with Gasteiger partial charge in [0.1, 0.15) is 11.4 Å². The number of carbonyl (C=O) groups excluding carboxylic acids is 1. The number of methoxy groups -OCH3 is 1. The number of nitrogens with one attached hydrogen (secondary N) is 1. The molecule has 1 aromatic carbocycles. The van der Waals surface area contributed by atoms with Crippen LogP contribution in [-0.4, -0.2) is 51.9 Å². The van der Waals surface area contributed by atoms with E-state index in [-0.39, 0.29) is 18.5 Å². The highest BCUT2D eigenvalue weighted by atomic mass is 16.5. The largest absolute Gasteiger partial charge is 0.497 e. The molecule has 1 amide bonds. The zero-order valence-electron chi connectivity index (χ0n) is 13.9. The first kappa shape index (κ1) is 17.0. The molecule has 0 spiro atoms. The number of hydrogen-bond donors (Lipinski definition) is 2. The molecule has 0 fully saturated rings. The van der Waals surface area contributed by atoms with Gasteiger partial charge in [-0.25, -0.2) is 0 Å². The fraction of sp³-hybridized carbons (Fsp3) is 0.412. The molecule has 6 heteroatoms. The smallest absolute Gasteiger partial charge is 0.272 e. The van der Waals surface area contributed by atoms with Crippen molar-refractivity contribution in [3.63, 3.8) is 0 Å². The maximum atomic E-state index is 12.6. The van der Waals surface area contributed by atoms with Gasteiger partial charge in [-0.15, -0.1) is 0 Å². The van der Waals surface area contributed by atoms with Crippen LogP contribution in [0, 0.1) is 0 Å². The van der Waals surface area contributed by atoms with Crippen LogP contribution < -0.4 is 4.74 Å². The lowest BCUT2D eigenvalue weighted by atomic mass is 10.1. The highest BCUT2D eigenvalue weighted by Gasteiger charge is 2.22. The third-order valence-corrected chi connectivity index (χ3v) is 3.52. The van der Waals surface area contributed by atoms with Crippen LogP contribution in [0.15, 0.2) is 30.3 Å². The number of aliphatic hydroxyl groups excluding tert-OH is 1. The molecule has 1 unspecified atom stereocenters. The number of nitrogens with zero attached hydrogens (tertiary/aromatic N) is 2. The molecule has 1 aromatic heterocycles. The van der Waals surface area contributed by atoms with E-state index in [1.54, 1.807) is 25.0 Å². The van der Waals surface area contributed by atoms with Crippen LogP contribution in [0.3, 0.4) is 0 Å². The summed E-state index contributed by atoms with van der Waals surface area (Å²) in [5.41, 5.74) is 1.94. The Morgan fingerprint density at radius 3 is 2.70 bits per heavy atom. The lowest BCUT2D eigenvalue weighted by molar-refractivity contribution is 0.0573. The number of aromatic amines is 1. The molecule has 23 heavy (non-hydrogen) atoms. The predicted octanol–water partition coefficient (Wildman–Crippen LogP) is 2.32. The second-order valence-electron chi connectivity index (χ2n) is 5.80. The maximum Gasteiger partial charge on any atom is 0.272 e. The van der Waals surface area contributed by atoms with E-state index in [2.05, 4.69) is 10.2 Å². The number of amides is 1. The molecule has 0 aliphatic heterocycles. The molecule has 0 radical (unpaired) electrons. The predicted molar refractivity (Wildman–Crippen MR) is 88.4 cm³/mol. The number of carbonyl (C=O) groups is 1. The van der Waals surface area contributed by atoms with Gasteiger partial charge in [0.25, 0.3) is 5.91 Å². The summed E-state index contributed by atoms with van der Waals surface area (Å²) in [6.07, 6.45) is -0.581. The van der Waals surface area contributed by atoms with E-state index in [1.165, 1.54) is 0 Å². The Kier molecular flexibility index (Phi) is 5.39. The third kappa shape index (κ3) is 4.10. The standard InChI is InChI=1S/C17H23N3O3/c1-11(2)20(10-12(3)21)17(22)16-9-15(18-19-16)13-6-5-7-14(8-13)23-4/h5-9,11-12,21H,10H2,1-4H3,(H,18,19). The van der Waals surface area contributed by atoms with E-state index in [1.807, 2.05) is 38.1 Å². The van der Waals surface area contributed by atoms with E-state index in [0.717, 1.165) is 11.3 Å². The van der Waals surface area contributed by atoms with Gasteiger partial charge in [0.15, 0.2) is 0 Å². The normalized spacial score (nSPS) is 12.3. The fourth-order valence-corrected chi connectivity index (χ4v) is 2.33. The Morgan fingerprint density at radius 1 is 1.35 bits per heavy atom. The van der Waals surface area contributed by atoms with Crippen molar-refractivity contribution in [1.82, 2.24) is 15.1 Å². The van der Waals surface area contributed by atoms with E-state index in [0.29, 0.717) is 11.4 Å². The summed E-state index contributed by atoms with van der Waals surface area (Å²) in [4.78, 5) is 14.2. The van der Waals surface area contributed by atoms with Crippen molar-refractivity contribution in [3.05, 3.63) is 36.0 Å². The summed E-state index contributed by atoms with van der Waals surface area (Å²) in [5, 5.41) is 16.6. The van der Waals surface area contributed by atoms with Gasteiger partial charge in [-0.05, 0) is 39.0 Å². The van der Waals surface area contributed by atoms with Crippen LogP contribution in [0.2, 0.25) is 0 Å². The second kappa shape index (κ2) is 7.28. The number of hydrogen-bond acceptors (Lipinski definition) is 4. The molecule has 0 saturated carbocycles. The minimum atomic E-state index is -0.581. The van der Waals surface area contributed by atoms with Crippen LogP contribution in [0.4, 0.5) is 0 Å². The van der Waals surface area contributed by atoms with Crippen molar-refractivity contribution in [1.29, 1.82) is 0 Å². The van der Waals surface area contributed by atoms with Crippen LogP contribution >= 0.6 is 0 Å². The molecule has 2 aromatic rings. The quantitative estimate of drug-likeness (QED) is 0.857. The molecular formula is C17H23N3O3. The average Bonchev–Trinajstić information content (AvgIpc) is 3.01. The lowest BCUT2D eigenvalue weighted by Gasteiger charge is -2.27. The highest BCUT2D eigenvalue weighted by Crippen LogP contribution is 2.23. The van der Waals surface area contributed by atoms with Gasteiger partial charge < -0.3 is 14.7 Å². The van der Waals surface area contributed by atoms with E-state index >= 15 is 0 Å². The monoisotopic (exact) mass is 317 g/mol. The zero-order valence-corrected chi connectivity index (χ0v) is 13.9. The van der Waals surface area contributed by atoms with Gasteiger partial charge in [-0.3, -0.25) is 9.89 Å². The SMILES string of the molecule is COc1cccc(-c2cc(C(=O)N(CC(C)O)C(C)C)[nH]n2)c1. The Hall–Kier alpha value is -2.34. The summed E-state index contributed by atoms with van der Waals surface area (Å²) in [6, 6.07) is 9.20. The van der Waals surface area contributed by atoms with Gasteiger partial charge in [-0.1, -0.05) is 12.1 Å². The molecule has 1 heterocycles. The lowest BCUT2D eigenvalue weighted by Crippen LogP contribution is -2.41. The number of benzene rings is 1. The number of aliphatic hydroxyl groups is 1. The van der Waals surface area contributed by atoms with E-state index in [9.17, 15) is 9.90 Å². The van der Waals surface area contributed by atoms with E-state index in [4.69, 9.17) is 4.74 Å². The van der Waals surface area contributed by atoms with Gasteiger partial charge in [0, 0.05) is 18.2 Å². The van der Waals surface area contributed by atoms with Crippen LogP contribution in [0.25, 0.3) is 11.3 Å². The van der Waals surface area contributed by atoms with Gasteiger partial charge >= 0.3 is 0 Å². The summed E-state index contributed by atoms with van der Waals surface area (Å²) in [5.74, 6) is 0.554. The van der Waals surface area contributed by atoms with Crippen molar-refractivity contribution in [2.24, 2.45) is 0 Å². The van der Waals surface area contributed by atoms with Crippen LogP contribution in [0.1, 0.15) is 31.3 Å². The topological polar surface area (TPSA) is 78.5 Å². The average molecular weight is 317 g/mol. The first-order chi connectivity index (χ1) is 10.9. The zero-order chi connectivity index (χ0) is 17.0. The Balaban J connectivity index is 2.24. The number of ether oxygens (including phenoxy) is 1. The summed E-state index contributed by atoms with van der Waals surface area (Å²) in [7, 11) is 1.61. The molecule has 2 rings (SSSR count). The van der Waals surface area contributed by atoms with Crippen LogP contribution in [0.5, 0.6) is 5.75 Å². The molecule has 6 nitrogen and oxygen atoms in total. The molecule has 0 saturated heterocycles. The van der Waals surface area contributed by atoms with Crippen molar-refractivity contribution in [2.45, 2.75) is 32.9 Å². The third-order valence-electron chi connectivity index (χ3n) is 3.52. The highest BCUT2D eigenvalue weighted by molar-refractivity contribution is 5.93. The van der Waals surface area contributed by atoms with Crippen molar-refractivity contribution >= 4 is 5.91 Å². The Bertz CT molecular complexity index is 665. The number of rotatable bonds is 6. The first-order valence-corrected chi connectivity index (χ1v) is 7.61. The van der Waals surface area contributed by atoms with Crippen LogP contribution in [-0.2, 0) is 0 Å². The summed E-state index contributed by atoms with van der Waals surface area (Å²) < 4.78 is 5.20. The molecule has 1 atom stereocenters. The van der Waals surface area contributed by atoms with Gasteiger partial charge in [0.2, 0.25) is 0 Å². The van der Waals surface area contributed by atoms with Gasteiger partial charge in [-0.2, -0.15) is 5.10 Å². The summed E-state index contributed by atoms with van der Waals surface area (Å²) >= 11 is 0. The minimum absolute atomic E-state index is 0.0133. The van der Waals surface area contributed by atoms with Gasteiger partial charge in [0.05, 0.1) is 18.9 Å². The fourth-order valence-electron chi connectivity index (χ4n) is 2.33. The van der Waals surface area contributed by atoms with Crippen molar-refractivity contribution in [2.75, 3.05) is 13.7 Å². The van der Waals surface area contributed by atoms with Crippen molar-refractivity contribution < 1.29 is 14.6 Å². The molecule has 0 aliphatic carbocycles. The van der Waals surface area contributed by atoms with E-state index < -0.39 is 6.10 Å². The Morgan fingerprint density at radius 2 is 2.09 bits per heavy atom.